The molecule has 0 saturated heterocycles. The van der Waals surface area contributed by atoms with Crippen molar-refractivity contribution < 1.29 is 9.78 Å². The Hall–Kier alpha value is -2.95. The van der Waals surface area contributed by atoms with E-state index in [0.717, 1.165) is 22.2 Å². The number of fused-ring (bicyclic) bond motifs is 1. The number of carbonyl (C=O) groups excluding carboxylic acids is 1. The third-order valence-corrected chi connectivity index (χ3v) is 4.93. The third kappa shape index (κ3) is 3.84. The average Bonchev–Trinajstić information content (AvgIpc) is 2.72. The number of rotatable bonds is 4. The van der Waals surface area contributed by atoms with Crippen LogP contribution in [0.5, 0.6) is 0 Å². The fourth-order valence-electron chi connectivity index (χ4n) is 3.01. The molecule has 0 bridgehead atoms. The normalized spacial score (nSPS) is 10.8. The molecule has 0 radical (unpaired) electrons. The van der Waals surface area contributed by atoms with Gasteiger partial charge in [-0.3, -0.25) is 4.79 Å². The van der Waals surface area contributed by atoms with Crippen molar-refractivity contribution in [2.24, 2.45) is 0 Å². The molecule has 1 amide bonds. The van der Waals surface area contributed by atoms with E-state index in [0.29, 0.717) is 27.8 Å². The number of hydrogen-bond acceptors (Lipinski definition) is 2. The highest BCUT2D eigenvalue weighted by atomic mass is 35.5. The summed E-state index contributed by atoms with van der Waals surface area (Å²) >= 11 is 12.4. The molecule has 2 aromatic heterocycles. The Morgan fingerprint density at radius 2 is 1.82 bits per heavy atom. The zero-order valence-electron chi connectivity index (χ0n) is 14.7. The summed E-state index contributed by atoms with van der Waals surface area (Å²) < 4.78 is 0. The van der Waals surface area contributed by atoms with Crippen molar-refractivity contribution in [1.82, 2.24) is 10.3 Å². The zero-order chi connectivity index (χ0) is 19.5. The first-order valence-corrected chi connectivity index (χ1v) is 9.46. The van der Waals surface area contributed by atoms with Crippen LogP contribution in [0.25, 0.3) is 22.2 Å². The average molecular weight is 409 g/mol. The van der Waals surface area contributed by atoms with Crippen LogP contribution < -0.4 is 10.3 Å². The number of aromatic amines is 1. The van der Waals surface area contributed by atoms with Gasteiger partial charge >= 0.3 is 0 Å². The molecule has 4 nitrogen and oxygen atoms in total. The molecule has 0 aliphatic carbocycles. The maximum absolute atomic E-state index is 12.9. The highest BCUT2D eigenvalue weighted by Crippen LogP contribution is 2.31. The van der Waals surface area contributed by atoms with E-state index < -0.39 is 0 Å². The van der Waals surface area contributed by atoms with Crippen molar-refractivity contribution in [1.29, 1.82) is 0 Å². The summed E-state index contributed by atoms with van der Waals surface area (Å²) in [6, 6.07) is 20.3. The van der Waals surface area contributed by atoms with E-state index in [9.17, 15) is 4.79 Å². The number of nitrogens with one attached hydrogen (secondary N) is 2. The lowest BCUT2D eigenvalue weighted by atomic mass is 10.0. The molecule has 0 fully saturated rings. The fraction of sp³-hybridized carbons (Fsp3) is 0.0455. The van der Waals surface area contributed by atoms with Crippen LogP contribution >= 0.6 is 23.2 Å². The number of nitrogens with zero attached hydrogens (tertiary/aromatic N) is 1. The van der Waals surface area contributed by atoms with Gasteiger partial charge in [-0.25, -0.2) is 9.97 Å². The first-order valence-electron chi connectivity index (χ1n) is 8.71. The fourth-order valence-corrected chi connectivity index (χ4v) is 3.51. The van der Waals surface area contributed by atoms with Crippen LogP contribution in [0.1, 0.15) is 16.1 Å². The van der Waals surface area contributed by atoms with Crippen LogP contribution in [0.3, 0.4) is 0 Å². The number of hydrogen-bond donors (Lipinski definition) is 1. The summed E-state index contributed by atoms with van der Waals surface area (Å²) in [6.45, 7) is 0.396. The van der Waals surface area contributed by atoms with Gasteiger partial charge in [0.15, 0.2) is 11.9 Å². The molecule has 0 saturated carbocycles. The highest BCUT2D eigenvalue weighted by Gasteiger charge is 2.16. The van der Waals surface area contributed by atoms with Crippen molar-refractivity contribution in [3.63, 3.8) is 0 Å². The quantitative estimate of drug-likeness (QED) is 0.519. The molecule has 6 heteroatoms. The van der Waals surface area contributed by atoms with Gasteiger partial charge in [0.2, 0.25) is 0 Å². The van der Waals surface area contributed by atoms with Crippen LogP contribution in [-0.4, -0.2) is 10.9 Å². The summed E-state index contributed by atoms with van der Waals surface area (Å²) in [5.74, 6) is -0.179. The van der Waals surface area contributed by atoms with Gasteiger partial charge < -0.3 is 5.32 Å². The van der Waals surface area contributed by atoms with E-state index in [1.54, 1.807) is 18.2 Å². The molecule has 0 atom stereocenters. The molecule has 2 N–H and O–H groups in total. The van der Waals surface area contributed by atoms with Gasteiger partial charge in [0.05, 0.1) is 21.8 Å². The van der Waals surface area contributed by atoms with Gasteiger partial charge in [-0.05, 0) is 30.3 Å². The Balaban J connectivity index is 1.75. The van der Waals surface area contributed by atoms with Crippen LogP contribution in [0.4, 0.5) is 0 Å². The maximum atomic E-state index is 12.9. The second-order valence-electron chi connectivity index (χ2n) is 6.27. The zero-order valence-corrected chi connectivity index (χ0v) is 16.3. The molecule has 4 aromatic rings. The van der Waals surface area contributed by atoms with Crippen molar-refractivity contribution in [2.45, 2.75) is 6.54 Å². The molecule has 0 aliphatic rings. The number of pyridine rings is 2. The van der Waals surface area contributed by atoms with Gasteiger partial charge in [0.1, 0.15) is 6.54 Å². The molecule has 138 valence electrons. The molecular formula is C22H16Cl2N3O+. The Kier molecular flexibility index (Phi) is 5.24. The Morgan fingerprint density at radius 3 is 2.61 bits per heavy atom. The summed E-state index contributed by atoms with van der Waals surface area (Å²) in [4.78, 5) is 20.7. The van der Waals surface area contributed by atoms with Gasteiger partial charge in [-0.15, -0.1) is 0 Å². The SMILES string of the molecule is O=C(NCc1cccc[nH+]1)c1cc(-c2ccc(Cl)cc2Cl)nc2ccccc12. The molecule has 0 spiro atoms. The standard InChI is InChI=1S/C22H15Cl2N3O/c23-14-8-9-17(19(24)11-14)21-12-18(16-6-1-2-7-20(16)27-21)22(28)26-13-15-5-3-4-10-25-15/h1-12H,13H2,(H,26,28)/p+1. The van der Waals surface area contributed by atoms with Crippen molar-refractivity contribution >= 4 is 40.0 Å². The minimum Gasteiger partial charge on any atom is -0.342 e. The second kappa shape index (κ2) is 7.97. The molecule has 2 aromatic carbocycles. The number of amides is 1. The first-order chi connectivity index (χ1) is 13.6. The molecule has 0 aliphatic heterocycles. The Morgan fingerprint density at radius 1 is 1.00 bits per heavy atom. The molecular weight excluding hydrogens is 393 g/mol. The highest BCUT2D eigenvalue weighted by molar-refractivity contribution is 6.36. The first kappa shape index (κ1) is 18.4. The molecule has 28 heavy (non-hydrogen) atoms. The minimum atomic E-state index is -0.179. The largest absolute Gasteiger partial charge is 0.342 e. The molecule has 4 rings (SSSR count). The van der Waals surface area contributed by atoms with E-state index in [-0.39, 0.29) is 5.91 Å². The number of H-pyrrole nitrogens is 1. The summed E-state index contributed by atoms with van der Waals surface area (Å²) in [7, 11) is 0. The van der Waals surface area contributed by atoms with Crippen LogP contribution in [0.15, 0.2) is 72.9 Å². The summed E-state index contributed by atoms with van der Waals surface area (Å²) in [5, 5.41) is 4.78. The van der Waals surface area contributed by atoms with E-state index in [2.05, 4.69) is 15.3 Å². The summed E-state index contributed by atoms with van der Waals surface area (Å²) in [5.41, 5.74) is 3.53. The van der Waals surface area contributed by atoms with Gasteiger partial charge in [-0.2, -0.15) is 0 Å². The second-order valence-corrected chi connectivity index (χ2v) is 7.11. The predicted octanol–water partition coefficient (Wildman–Crippen LogP) is 4.95. The van der Waals surface area contributed by atoms with Crippen LogP contribution in [0, 0.1) is 0 Å². The van der Waals surface area contributed by atoms with Crippen LogP contribution in [0.2, 0.25) is 10.0 Å². The van der Waals surface area contributed by atoms with E-state index in [4.69, 9.17) is 23.2 Å². The molecule has 2 heterocycles. The Bertz CT molecular complexity index is 1160. The number of benzene rings is 2. The Labute approximate surface area is 172 Å². The van der Waals surface area contributed by atoms with Gasteiger partial charge in [-0.1, -0.05) is 47.5 Å². The number of halogens is 2. The number of carbonyl (C=O) groups is 1. The third-order valence-electron chi connectivity index (χ3n) is 4.38. The minimum absolute atomic E-state index is 0.179. The predicted molar refractivity (Wildman–Crippen MR) is 111 cm³/mol. The van der Waals surface area contributed by atoms with Crippen molar-refractivity contribution in [3.8, 4) is 11.3 Å². The number of para-hydroxylation sites is 1. The summed E-state index contributed by atoms with van der Waals surface area (Å²) in [6.07, 6.45) is 1.82. The van der Waals surface area contributed by atoms with Gasteiger partial charge in [0.25, 0.3) is 5.91 Å². The van der Waals surface area contributed by atoms with Gasteiger partial charge in [0, 0.05) is 28.1 Å². The molecule has 0 unspecified atom stereocenters. The monoisotopic (exact) mass is 408 g/mol. The topological polar surface area (TPSA) is 56.1 Å². The number of aromatic nitrogens is 2. The lowest BCUT2D eigenvalue weighted by Gasteiger charge is -2.11. The smallest absolute Gasteiger partial charge is 0.252 e. The van der Waals surface area contributed by atoms with E-state index in [1.165, 1.54) is 0 Å². The lowest BCUT2D eigenvalue weighted by Crippen LogP contribution is -2.26. The van der Waals surface area contributed by atoms with E-state index >= 15 is 0 Å². The van der Waals surface area contributed by atoms with E-state index in [1.807, 2.05) is 54.7 Å². The maximum Gasteiger partial charge on any atom is 0.252 e. The lowest BCUT2D eigenvalue weighted by molar-refractivity contribution is -0.390. The van der Waals surface area contributed by atoms with Crippen molar-refractivity contribution in [3.05, 3.63) is 94.2 Å². The van der Waals surface area contributed by atoms with Crippen LogP contribution in [-0.2, 0) is 6.54 Å². The van der Waals surface area contributed by atoms with Crippen molar-refractivity contribution in [2.75, 3.05) is 0 Å².